The molecule has 0 unspecified atom stereocenters. The molecule has 11 heteroatoms. The highest BCUT2D eigenvalue weighted by Crippen LogP contribution is 2.36. The predicted molar refractivity (Wildman–Crippen MR) is 139 cm³/mol. The molecule has 2 aromatic heterocycles. The number of hydrogen-bond donors (Lipinski definition) is 1. The summed E-state index contributed by atoms with van der Waals surface area (Å²) >= 11 is 2.64. The fraction of sp³-hybridized carbons (Fsp3) is 0.240. The summed E-state index contributed by atoms with van der Waals surface area (Å²) < 4.78 is 15.2. The van der Waals surface area contributed by atoms with E-state index in [2.05, 4.69) is 5.32 Å². The van der Waals surface area contributed by atoms with Crippen LogP contribution in [-0.2, 0) is 17.6 Å². The van der Waals surface area contributed by atoms with Crippen molar-refractivity contribution in [3.63, 3.8) is 0 Å². The highest BCUT2D eigenvalue weighted by Gasteiger charge is 2.25. The summed E-state index contributed by atoms with van der Waals surface area (Å²) in [5.74, 6) is -1.54. The molecule has 0 radical (unpaired) electrons. The van der Waals surface area contributed by atoms with Gasteiger partial charge in [-0.2, -0.15) is 4.39 Å². The zero-order chi connectivity index (χ0) is 25.6. The van der Waals surface area contributed by atoms with Crippen molar-refractivity contribution in [3.8, 4) is 5.69 Å². The number of aromatic nitrogens is 2. The van der Waals surface area contributed by atoms with Crippen LogP contribution in [0.3, 0.4) is 0 Å². The van der Waals surface area contributed by atoms with E-state index in [9.17, 15) is 24.1 Å². The lowest BCUT2D eigenvalue weighted by molar-refractivity contribution is -0.387. The SMILES string of the molecule is Cc1ccc(C)c(-n2c(SCC(=O)Nc3ccc(F)c([N+](=O)[O-])c3)nc3sc4c(c3c2=O)CCC4)c1. The molecule has 2 aromatic carbocycles. The van der Waals surface area contributed by atoms with Crippen LogP contribution in [0.2, 0.25) is 0 Å². The summed E-state index contributed by atoms with van der Waals surface area (Å²) in [6, 6.07) is 9.02. The molecule has 1 aliphatic rings. The number of carbonyl (C=O) groups is 1. The highest BCUT2D eigenvalue weighted by molar-refractivity contribution is 7.99. The normalized spacial score (nSPS) is 12.6. The van der Waals surface area contributed by atoms with Crippen molar-refractivity contribution in [2.24, 2.45) is 0 Å². The summed E-state index contributed by atoms with van der Waals surface area (Å²) in [5.41, 5.74) is 2.93. The zero-order valence-electron chi connectivity index (χ0n) is 19.5. The first-order valence-electron chi connectivity index (χ1n) is 11.2. The number of nitrogens with one attached hydrogen (secondary N) is 1. The lowest BCUT2D eigenvalue weighted by atomic mass is 10.1. The minimum absolute atomic E-state index is 0.0981. The number of amides is 1. The quantitative estimate of drug-likeness (QED) is 0.158. The van der Waals surface area contributed by atoms with E-state index in [0.29, 0.717) is 21.1 Å². The summed E-state index contributed by atoms with van der Waals surface area (Å²) in [6.45, 7) is 3.87. The van der Waals surface area contributed by atoms with Gasteiger partial charge in [0.2, 0.25) is 11.7 Å². The Balaban J connectivity index is 1.50. The van der Waals surface area contributed by atoms with E-state index in [-0.39, 0.29) is 17.0 Å². The molecule has 8 nitrogen and oxygen atoms in total. The summed E-state index contributed by atoms with van der Waals surface area (Å²) in [4.78, 5) is 43.3. The third kappa shape index (κ3) is 4.40. The van der Waals surface area contributed by atoms with E-state index < -0.39 is 22.3 Å². The maximum atomic E-state index is 13.8. The fourth-order valence-corrected chi connectivity index (χ4v) is 6.46. The Bertz CT molecular complexity index is 1610. The Morgan fingerprint density at radius 2 is 2.06 bits per heavy atom. The molecular weight excluding hydrogens is 503 g/mol. The van der Waals surface area contributed by atoms with Crippen molar-refractivity contribution in [2.75, 3.05) is 11.1 Å². The zero-order valence-corrected chi connectivity index (χ0v) is 21.1. The highest BCUT2D eigenvalue weighted by atomic mass is 32.2. The summed E-state index contributed by atoms with van der Waals surface area (Å²) in [7, 11) is 0. The lowest BCUT2D eigenvalue weighted by Crippen LogP contribution is -2.23. The van der Waals surface area contributed by atoms with E-state index >= 15 is 0 Å². The van der Waals surface area contributed by atoms with E-state index in [1.54, 1.807) is 4.57 Å². The van der Waals surface area contributed by atoms with Crippen LogP contribution in [0.15, 0.2) is 46.3 Å². The van der Waals surface area contributed by atoms with Crippen LogP contribution in [0, 0.1) is 29.8 Å². The fourth-order valence-electron chi connectivity index (χ4n) is 4.35. The van der Waals surface area contributed by atoms with Crippen molar-refractivity contribution in [2.45, 2.75) is 38.3 Å². The molecule has 0 atom stereocenters. The second kappa shape index (κ2) is 9.47. The van der Waals surface area contributed by atoms with Crippen molar-refractivity contribution in [1.82, 2.24) is 9.55 Å². The average Bonchev–Trinajstić information content (AvgIpc) is 3.42. The maximum absolute atomic E-state index is 13.8. The number of fused-ring (bicyclic) bond motifs is 3. The van der Waals surface area contributed by atoms with Crippen molar-refractivity contribution < 1.29 is 14.1 Å². The van der Waals surface area contributed by atoms with Crippen LogP contribution in [0.4, 0.5) is 15.8 Å². The predicted octanol–water partition coefficient (Wildman–Crippen LogP) is 5.33. The Labute approximate surface area is 213 Å². The number of nitro benzene ring substituents is 1. The smallest absolute Gasteiger partial charge is 0.306 e. The Morgan fingerprint density at radius 3 is 2.83 bits per heavy atom. The van der Waals surface area contributed by atoms with Crippen LogP contribution >= 0.6 is 23.1 Å². The lowest BCUT2D eigenvalue weighted by Gasteiger charge is -2.15. The van der Waals surface area contributed by atoms with Crippen LogP contribution in [0.1, 0.15) is 28.0 Å². The standard InChI is InChI=1S/C25H21FN4O4S2/c1-13-6-7-14(2)18(10-13)29-24(32)22-16-4-3-5-20(16)36-23(22)28-25(29)35-12-21(31)27-15-8-9-17(26)19(11-15)30(33)34/h6-11H,3-5,12H2,1-2H3,(H,27,31). The topological polar surface area (TPSA) is 107 Å². The van der Waals surface area contributed by atoms with Gasteiger partial charge in [-0.05, 0) is 68.0 Å². The van der Waals surface area contributed by atoms with Crippen LogP contribution in [0.5, 0.6) is 0 Å². The molecule has 0 aliphatic heterocycles. The maximum Gasteiger partial charge on any atom is 0.306 e. The van der Waals surface area contributed by atoms with Gasteiger partial charge in [-0.25, -0.2) is 4.98 Å². The monoisotopic (exact) mass is 524 g/mol. The van der Waals surface area contributed by atoms with Gasteiger partial charge in [-0.1, -0.05) is 23.9 Å². The van der Waals surface area contributed by atoms with Crippen LogP contribution in [-0.4, -0.2) is 26.1 Å². The van der Waals surface area contributed by atoms with Crippen molar-refractivity contribution in [3.05, 3.63) is 84.3 Å². The van der Waals surface area contributed by atoms with Gasteiger partial charge in [0.25, 0.3) is 5.56 Å². The minimum Gasteiger partial charge on any atom is -0.325 e. The molecule has 1 aliphatic carbocycles. The molecule has 1 N–H and O–H groups in total. The third-order valence-corrected chi connectivity index (χ3v) is 8.20. The largest absolute Gasteiger partial charge is 0.325 e. The van der Waals surface area contributed by atoms with Crippen molar-refractivity contribution >= 4 is 50.6 Å². The minimum atomic E-state index is -0.981. The number of benzene rings is 2. The van der Waals surface area contributed by atoms with E-state index in [4.69, 9.17) is 4.98 Å². The third-order valence-electron chi connectivity index (χ3n) is 6.07. The summed E-state index contributed by atoms with van der Waals surface area (Å²) in [6.07, 6.45) is 2.82. The molecule has 0 bridgehead atoms. The van der Waals surface area contributed by atoms with Crippen LogP contribution < -0.4 is 10.9 Å². The molecule has 184 valence electrons. The van der Waals surface area contributed by atoms with Crippen LogP contribution in [0.25, 0.3) is 15.9 Å². The van der Waals surface area contributed by atoms with Gasteiger partial charge in [0, 0.05) is 16.6 Å². The Hall–Kier alpha value is -3.57. The van der Waals surface area contributed by atoms with Gasteiger partial charge in [-0.3, -0.25) is 24.3 Å². The molecule has 0 spiro atoms. The number of nitro groups is 1. The number of nitrogens with zero attached hydrogens (tertiary/aromatic N) is 3. The van der Waals surface area contributed by atoms with Gasteiger partial charge in [0.15, 0.2) is 5.16 Å². The number of halogens is 1. The first-order valence-corrected chi connectivity index (χ1v) is 13.0. The molecule has 5 rings (SSSR count). The van der Waals surface area contributed by atoms with E-state index in [1.807, 2.05) is 32.0 Å². The van der Waals surface area contributed by atoms with Gasteiger partial charge in [0.05, 0.1) is 21.7 Å². The number of carbonyl (C=O) groups excluding carboxylic acids is 1. The number of rotatable bonds is 6. The molecule has 36 heavy (non-hydrogen) atoms. The molecule has 1 amide bonds. The van der Waals surface area contributed by atoms with Gasteiger partial charge in [-0.15, -0.1) is 11.3 Å². The number of aryl methyl sites for hydroxylation is 4. The van der Waals surface area contributed by atoms with Gasteiger partial charge >= 0.3 is 5.69 Å². The molecule has 2 heterocycles. The first-order chi connectivity index (χ1) is 17.2. The number of thiophene rings is 1. The molecule has 0 fully saturated rings. The number of hydrogen-bond acceptors (Lipinski definition) is 7. The average molecular weight is 525 g/mol. The molecular formula is C25H21FN4O4S2. The summed E-state index contributed by atoms with van der Waals surface area (Å²) in [5, 5.41) is 14.6. The first kappa shape index (κ1) is 24.1. The second-order valence-electron chi connectivity index (χ2n) is 8.62. The second-order valence-corrected chi connectivity index (χ2v) is 10.6. The van der Waals surface area contributed by atoms with E-state index in [0.717, 1.165) is 59.8 Å². The number of anilines is 1. The van der Waals surface area contributed by atoms with Gasteiger partial charge < -0.3 is 5.32 Å². The Morgan fingerprint density at radius 1 is 1.25 bits per heavy atom. The molecule has 0 saturated heterocycles. The molecule has 0 saturated carbocycles. The van der Waals surface area contributed by atoms with Gasteiger partial charge in [0.1, 0.15) is 4.83 Å². The van der Waals surface area contributed by atoms with E-state index in [1.165, 1.54) is 22.3 Å². The Kier molecular flexibility index (Phi) is 6.35. The van der Waals surface area contributed by atoms with Crippen molar-refractivity contribution in [1.29, 1.82) is 0 Å². The number of thioether (sulfide) groups is 1. The molecule has 4 aromatic rings.